The molecule has 96 valence electrons. The number of nitrogens with zero attached hydrogens (tertiary/aromatic N) is 3. The van der Waals surface area contributed by atoms with Crippen LogP contribution in [0.4, 0.5) is 0 Å². The lowest BCUT2D eigenvalue weighted by Gasteiger charge is -2.35. The van der Waals surface area contributed by atoms with Crippen molar-refractivity contribution in [2.24, 2.45) is 7.05 Å². The molecular weight excluding hydrogens is 218 g/mol. The highest BCUT2D eigenvalue weighted by Gasteiger charge is 2.22. The van der Waals surface area contributed by atoms with E-state index in [2.05, 4.69) is 30.8 Å². The van der Waals surface area contributed by atoms with Crippen LogP contribution in [0.2, 0.25) is 0 Å². The molecule has 1 aromatic heterocycles. The van der Waals surface area contributed by atoms with Gasteiger partial charge in [0.2, 0.25) is 0 Å². The van der Waals surface area contributed by atoms with Crippen LogP contribution in [0.1, 0.15) is 32.9 Å². The third-order valence-electron chi connectivity index (χ3n) is 2.82. The van der Waals surface area contributed by atoms with E-state index in [-0.39, 0.29) is 12.0 Å². The van der Waals surface area contributed by atoms with Gasteiger partial charge < -0.3 is 5.11 Å². The van der Waals surface area contributed by atoms with Crippen molar-refractivity contribution in [3.05, 3.63) is 18.0 Å². The van der Waals surface area contributed by atoms with Crippen LogP contribution in [0.5, 0.6) is 0 Å². The molecule has 0 fully saturated rings. The Kier molecular flexibility index (Phi) is 4.28. The molecule has 5 nitrogen and oxygen atoms in total. The maximum absolute atomic E-state index is 10.7. The molecule has 0 aliphatic rings. The number of aryl methyl sites for hydroxylation is 1. The van der Waals surface area contributed by atoms with Crippen molar-refractivity contribution in [3.8, 4) is 0 Å². The minimum absolute atomic E-state index is 0.0558. The Labute approximate surface area is 102 Å². The Hall–Kier alpha value is -1.36. The molecule has 0 saturated heterocycles. The van der Waals surface area contributed by atoms with Crippen LogP contribution in [0.15, 0.2) is 12.3 Å². The highest BCUT2D eigenvalue weighted by atomic mass is 16.4. The summed E-state index contributed by atoms with van der Waals surface area (Å²) in [6, 6.07) is 1.96. The van der Waals surface area contributed by atoms with Gasteiger partial charge >= 0.3 is 5.97 Å². The number of carboxylic acids is 1. The smallest absolute Gasteiger partial charge is 0.304 e. The van der Waals surface area contributed by atoms with E-state index < -0.39 is 5.97 Å². The van der Waals surface area contributed by atoms with Gasteiger partial charge in [0, 0.05) is 31.9 Å². The molecule has 0 unspecified atom stereocenters. The molecule has 1 N–H and O–H groups in total. The number of carbonyl (C=O) groups is 1. The van der Waals surface area contributed by atoms with Crippen molar-refractivity contribution in [1.29, 1.82) is 0 Å². The van der Waals surface area contributed by atoms with Crippen molar-refractivity contribution in [2.75, 3.05) is 6.54 Å². The molecule has 1 heterocycles. The van der Waals surface area contributed by atoms with E-state index in [0.717, 1.165) is 5.69 Å². The molecule has 0 amide bonds. The van der Waals surface area contributed by atoms with Gasteiger partial charge in [0.25, 0.3) is 0 Å². The van der Waals surface area contributed by atoms with E-state index in [1.54, 1.807) is 6.20 Å². The predicted molar refractivity (Wildman–Crippen MR) is 65.6 cm³/mol. The van der Waals surface area contributed by atoms with E-state index in [4.69, 9.17) is 5.11 Å². The van der Waals surface area contributed by atoms with Gasteiger partial charge in [-0.1, -0.05) is 0 Å². The average Bonchev–Trinajstić information content (AvgIpc) is 2.56. The minimum Gasteiger partial charge on any atom is -0.481 e. The summed E-state index contributed by atoms with van der Waals surface area (Å²) >= 11 is 0. The Morgan fingerprint density at radius 3 is 2.59 bits per heavy atom. The Morgan fingerprint density at radius 1 is 1.53 bits per heavy atom. The number of hydrogen-bond acceptors (Lipinski definition) is 3. The predicted octanol–water partition coefficient (Wildman–Crippen LogP) is 1.50. The third-order valence-corrected chi connectivity index (χ3v) is 2.82. The monoisotopic (exact) mass is 239 g/mol. The first-order valence-electron chi connectivity index (χ1n) is 5.74. The van der Waals surface area contributed by atoms with Crippen molar-refractivity contribution in [1.82, 2.24) is 14.7 Å². The summed E-state index contributed by atoms with van der Waals surface area (Å²) in [5, 5.41) is 12.9. The van der Waals surface area contributed by atoms with Gasteiger partial charge in [-0.2, -0.15) is 5.10 Å². The van der Waals surface area contributed by atoms with Crippen molar-refractivity contribution >= 4 is 5.97 Å². The molecule has 0 radical (unpaired) electrons. The number of aromatic nitrogens is 2. The zero-order chi connectivity index (χ0) is 13.1. The van der Waals surface area contributed by atoms with Gasteiger partial charge in [0.05, 0.1) is 12.1 Å². The quantitative estimate of drug-likeness (QED) is 0.846. The number of carboxylic acid groups (broad SMARTS) is 1. The van der Waals surface area contributed by atoms with Crippen LogP contribution in [0, 0.1) is 0 Å². The summed E-state index contributed by atoms with van der Waals surface area (Å²) in [4.78, 5) is 12.8. The van der Waals surface area contributed by atoms with Crippen LogP contribution in [-0.2, 0) is 18.4 Å². The Bertz CT molecular complexity index is 379. The molecule has 0 aromatic carbocycles. The molecule has 0 spiro atoms. The topological polar surface area (TPSA) is 58.4 Å². The molecule has 0 saturated carbocycles. The highest BCUT2D eigenvalue weighted by molar-refractivity contribution is 5.66. The number of rotatable bonds is 5. The van der Waals surface area contributed by atoms with Gasteiger partial charge in [-0.3, -0.25) is 14.4 Å². The molecule has 17 heavy (non-hydrogen) atoms. The zero-order valence-electron chi connectivity index (χ0n) is 11.0. The van der Waals surface area contributed by atoms with Crippen LogP contribution in [0.25, 0.3) is 0 Å². The van der Waals surface area contributed by atoms with Crippen LogP contribution < -0.4 is 0 Å². The molecular formula is C12H21N3O2. The maximum Gasteiger partial charge on any atom is 0.304 e. The van der Waals surface area contributed by atoms with Crippen molar-refractivity contribution in [3.63, 3.8) is 0 Å². The summed E-state index contributed by atoms with van der Waals surface area (Å²) in [5.41, 5.74) is 1.03. The second-order valence-electron chi connectivity index (χ2n) is 5.18. The first-order chi connectivity index (χ1) is 7.80. The molecule has 0 aliphatic carbocycles. The molecule has 1 rings (SSSR count). The average molecular weight is 239 g/mol. The fraction of sp³-hybridized carbons (Fsp3) is 0.667. The normalized spacial score (nSPS) is 12.1. The number of aliphatic carboxylic acids is 1. The largest absolute Gasteiger partial charge is 0.481 e. The van der Waals surface area contributed by atoms with Gasteiger partial charge in [0.15, 0.2) is 0 Å². The standard InChI is InChI=1S/C12H21N3O2/c1-12(2,3)15(8-6-11(16)17)9-10-5-7-13-14(10)4/h5,7H,6,8-9H2,1-4H3,(H,16,17). The fourth-order valence-electron chi connectivity index (χ4n) is 1.63. The maximum atomic E-state index is 10.7. The molecule has 0 atom stereocenters. The molecule has 5 heteroatoms. The van der Waals surface area contributed by atoms with Crippen molar-refractivity contribution in [2.45, 2.75) is 39.3 Å². The summed E-state index contributed by atoms with van der Waals surface area (Å²) in [6.45, 7) is 7.53. The lowest BCUT2D eigenvalue weighted by atomic mass is 10.1. The summed E-state index contributed by atoms with van der Waals surface area (Å²) in [5.74, 6) is -0.760. The summed E-state index contributed by atoms with van der Waals surface area (Å²) in [7, 11) is 1.90. The summed E-state index contributed by atoms with van der Waals surface area (Å²) < 4.78 is 1.82. The van der Waals surface area contributed by atoms with Crippen LogP contribution >= 0.6 is 0 Å². The Morgan fingerprint density at radius 2 is 2.18 bits per heavy atom. The summed E-state index contributed by atoms with van der Waals surface area (Å²) in [6.07, 6.45) is 1.92. The van der Waals surface area contributed by atoms with Crippen LogP contribution in [0.3, 0.4) is 0 Å². The van der Waals surface area contributed by atoms with E-state index >= 15 is 0 Å². The minimum atomic E-state index is -0.760. The van der Waals surface area contributed by atoms with Crippen LogP contribution in [-0.4, -0.2) is 37.8 Å². The molecule has 0 bridgehead atoms. The van der Waals surface area contributed by atoms with Crippen molar-refractivity contribution < 1.29 is 9.90 Å². The fourth-order valence-corrected chi connectivity index (χ4v) is 1.63. The highest BCUT2D eigenvalue weighted by Crippen LogP contribution is 2.17. The SMILES string of the molecule is Cn1nccc1CN(CCC(=O)O)C(C)(C)C. The van der Waals surface area contributed by atoms with Gasteiger partial charge in [-0.15, -0.1) is 0 Å². The van der Waals surface area contributed by atoms with Gasteiger partial charge in [0.1, 0.15) is 0 Å². The second-order valence-corrected chi connectivity index (χ2v) is 5.18. The lowest BCUT2D eigenvalue weighted by molar-refractivity contribution is -0.137. The van der Waals surface area contributed by atoms with E-state index in [0.29, 0.717) is 13.1 Å². The molecule has 1 aromatic rings. The third kappa shape index (κ3) is 4.19. The van der Waals surface area contributed by atoms with E-state index in [1.807, 2.05) is 17.8 Å². The first kappa shape index (κ1) is 13.7. The second kappa shape index (κ2) is 5.31. The van der Waals surface area contributed by atoms with E-state index in [1.165, 1.54) is 0 Å². The molecule has 0 aliphatic heterocycles. The van der Waals surface area contributed by atoms with E-state index in [9.17, 15) is 4.79 Å². The Balaban J connectivity index is 2.71. The first-order valence-corrected chi connectivity index (χ1v) is 5.74. The van der Waals surface area contributed by atoms with Gasteiger partial charge in [-0.05, 0) is 26.8 Å². The zero-order valence-corrected chi connectivity index (χ0v) is 11.0. The van der Waals surface area contributed by atoms with Gasteiger partial charge in [-0.25, -0.2) is 0 Å². The number of hydrogen-bond donors (Lipinski definition) is 1. The lowest BCUT2D eigenvalue weighted by Crippen LogP contribution is -2.42.